The lowest BCUT2D eigenvalue weighted by molar-refractivity contribution is 0.0938. The first kappa shape index (κ1) is 17.3. The number of methoxy groups -OCH3 is 1. The van der Waals surface area contributed by atoms with Crippen LogP contribution in [0, 0.1) is 0 Å². The Bertz CT molecular complexity index is 510. The summed E-state index contributed by atoms with van der Waals surface area (Å²) in [6, 6.07) is 6.97. The third kappa shape index (κ3) is 5.90. The van der Waals surface area contributed by atoms with E-state index >= 15 is 0 Å². The topological polar surface area (TPSA) is 79.5 Å². The minimum absolute atomic E-state index is 0.0486. The smallest absolute Gasteiger partial charge is 0.319 e. The second kappa shape index (κ2) is 9.15. The van der Waals surface area contributed by atoms with Gasteiger partial charge in [-0.3, -0.25) is 4.79 Å². The summed E-state index contributed by atoms with van der Waals surface area (Å²) in [5.41, 5.74) is 1.27. The van der Waals surface area contributed by atoms with Gasteiger partial charge >= 0.3 is 6.03 Å². The van der Waals surface area contributed by atoms with Crippen LogP contribution in [0.1, 0.15) is 42.5 Å². The molecule has 0 unspecified atom stereocenters. The number of carbonyl (C=O) groups excluding carboxylic acids is 2. The van der Waals surface area contributed by atoms with E-state index in [9.17, 15) is 9.59 Å². The monoisotopic (exact) mass is 319 g/mol. The molecule has 1 aliphatic rings. The molecule has 3 N–H and O–H groups in total. The van der Waals surface area contributed by atoms with Crippen molar-refractivity contribution in [2.24, 2.45) is 0 Å². The summed E-state index contributed by atoms with van der Waals surface area (Å²) in [6.07, 6.45) is 5.27. The van der Waals surface area contributed by atoms with E-state index in [-0.39, 0.29) is 11.9 Å². The second-order valence-electron chi connectivity index (χ2n) is 5.76. The van der Waals surface area contributed by atoms with Gasteiger partial charge in [-0.2, -0.15) is 0 Å². The molecule has 0 atom stereocenters. The lowest BCUT2D eigenvalue weighted by atomic mass is 10.1. The standard InChI is InChI=1S/C17H25N3O3/c1-23-12-4-11-18-17(22)20-15-9-7-13(8-10-15)16(21)19-14-5-2-3-6-14/h7-10,14H,2-6,11-12H2,1H3,(H,19,21)(H2,18,20,22). The van der Waals surface area contributed by atoms with Crippen molar-refractivity contribution >= 4 is 17.6 Å². The van der Waals surface area contributed by atoms with Crippen LogP contribution in [0.15, 0.2) is 24.3 Å². The normalized spacial score (nSPS) is 14.5. The van der Waals surface area contributed by atoms with E-state index in [0.29, 0.717) is 30.4 Å². The fourth-order valence-electron chi connectivity index (χ4n) is 2.64. The molecule has 1 aliphatic carbocycles. The highest BCUT2D eigenvalue weighted by Gasteiger charge is 2.17. The van der Waals surface area contributed by atoms with Gasteiger partial charge in [-0.25, -0.2) is 4.79 Å². The number of benzene rings is 1. The van der Waals surface area contributed by atoms with Gasteiger partial charge in [0.1, 0.15) is 0 Å². The van der Waals surface area contributed by atoms with Crippen LogP contribution < -0.4 is 16.0 Å². The number of urea groups is 1. The third-order valence-electron chi connectivity index (χ3n) is 3.91. The molecule has 1 aromatic carbocycles. The highest BCUT2D eigenvalue weighted by atomic mass is 16.5. The van der Waals surface area contributed by atoms with Gasteiger partial charge < -0.3 is 20.7 Å². The molecule has 0 bridgehead atoms. The van der Waals surface area contributed by atoms with E-state index in [1.807, 2.05) is 0 Å². The molecule has 0 heterocycles. The highest BCUT2D eigenvalue weighted by Crippen LogP contribution is 2.18. The largest absolute Gasteiger partial charge is 0.385 e. The van der Waals surface area contributed by atoms with Crippen LogP contribution >= 0.6 is 0 Å². The van der Waals surface area contributed by atoms with Crippen molar-refractivity contribution < 1.29 is 14.3 Å². The third-order valence-corrected chi connectivity index (χ3v) is 3.91. The summed E-state index contributed by atoms with van der Waals surface area (Å²) < 4.78 is 4.92. The van der Waals surface area contributed by atoms with Crippen LogP contribution in [0.25, 0.3) is 0 Å². The number of amides is 3. The summed E-state index contributed by atoms with van der Waals surface area (Å²) in [7, 11) is 1.63. The molecule has 23 heavy (non-hydrogen) atoms. The maximum Gasteiger partial charge on any atom is 0.319 e. The van der Waals surface area contributed by atoms with Crippen LogP contribution in [0.5, 0.6) is 0 Å². The number of nitrogens with one attached hydrogen (secondary N) is 3. The first-order valence-electron chi connectivity index (χ1n) is 8.14. The van der Waals surface area contributed by atoms with Gasteiger partial charge in [-0.1, -0.05) is 12.8 Å². The van der Waals surface area contributed by atoms with E-state index < -0.39 is 0 Å². The van der Waals surface area contributed by atoms with Crippen LogP contribution in [0.2, 0.25) is 0 Å². The molecule has 0 radical (unpaired) electrons. The Morgan fingerprint density at radius 1 is 1.17 bits per heavy atom. The molecule has 6 nitrogen and oxygen atoms in total. The van der Waals surface area contributed by atoms with Crippen molar-refractivity contribution in [3.05, 3.63) is 29.8 Å². The molecule has 0 saturated heterocycles. The van der Waals surface area contributed by atoms with E-state index in [2.05, 4.69) is 16.0 Å². The van der Waals surface area contributed by atoms with Gasteiger partial charge in [0.25, 0.3) is 5.91 Å². The van der Waals surface area contributed by atoms with Gasteiger partial charge in [0.05, 0.1) is 0 Å². The van der Waals surface area contributed by atoms with Crippen molar-refractivity contribution in [1.82, 2.24) is 10.6 Å². The average Bonchev–Trinajstić information content (AvgIpc) is 3.05. The molecule has 0 spiro atoms. The maximum atomic E-state index is 12.1. The summed E-state index contributed by atoms with van der Waals surface area (Å²) >= 11 is 0. The summed E-state index contributed by atoms with van der Waals surface area (Å²) in [5, 5.41) is 8.52. The maximum absolute atomic E-state index is 12.1. The van der Waals surface area contributed by atoms with Crippen molar-refractivity contribution in [1.29, 1.82) is 0 Å². The molecule has 1 aromatic rings. The number of carbonyl (C=O) groups is 2. The van der Waals surface area contributed by atoms with Crippen LogP contribution in [-0.2, 0) is 4.74 Å². The zero-order valence-electron chi connectivity index (χ0n) is 13.6. The Morgan fingerprint density at radius 3 is 2.52 bits per heavy atom. The molecular weight excluding hydrogens is 294 g/mol. The zero-order chi connectivity index (χ0) is 16.5. The summed E-state index contributed by atoms with van der Waals surface area (Å²) in [4.78, 5) is 23.8. The van der Waals surface area contributed by atoms with E-state index in [4.69, 9.17) is 4.74 Å². The van der Waals surface area contributed by atoms with Gasteiger partial charge in [-0.05, 0) is 43.5 Å². The average molecular weight is 319 g/mol. The Hall–Kier alpha value is -2.08. The number of hydrogen-bond donors (Lipinski definition) is 3. The number of hydrogen-bond acceptors (Lipinski definition) is 3. The molecule has 0 aliphatic heterocycles. The number of anilines is 1. The van der Waals surface area contributed by atoms with E-state index in [1.165, 1.54) is 12.8 Å². The molecule has 6 heteroatoms. The molecule has 1 fully saturated rings. The van der Waals surface area contributed by atoms with Gasteiger partial charge in [0, 0.05) is 37.6 Å². The van der Waals surface area contributed by atoms with E-state index in [0.717, 1.165) is 19.3 Å². The number of rotatable bonds is 7. The first-order chi connectivity index (χ1) is 11.2. The molecule has 126 valence electrons. The van der Waals surface area contributed by atoms with Gasteiger partial charge in [-0.15, -0.1) is 0 Å². The molecule has 3 amide bonds. The minimum atomic E-state index is -0.260. The van der Waals surface area contributed by atoms with Crippen LogP contribution in [0.3, 0.4) is 0 Å². The second-order valence-corrected chi connectivity index (χ2v) is 5.76. The van der Waals surface area contributed by atoms with Crippen LogP contribution in [-0.4, -0.2) is 38.2 Å². The minimum Gasteiger partial charge on any atom is -0.385 e. The fraction of sp³-hybridized carbons (Fsp3) is 0.529. The lowest BCUT2D eigenvalue weighted by Gasteiger charge is -2.12. The predicted octanol–water partition coefficient (Wildman–Crippen LogP) is 2.52. The van der Waals surface area contributed by atoms with Crippen LogP contribution in [0.4, 0.5) is 10.5 Å². The number of ether oxygens (including phenoxy) is 1. The fourth-order valence-corrected chi connectivity index (χ4v) is 2.64. The molecular formula is C17H25N3O3. The lowest BCUT2D eigenvalue weighted by Crippen LogP contribution is -2.32. The highest BCUT2D eigenvalue weighted by molar-refractivity contribution is 5.95. The van der Waals surface area contributed by atoms with Crippen molar-refractivity contribution in [3.8, 4) is 0 Å². The van der Waals surface area contributed by atoms with Crippen molar-refractivity contribution in [3.63, 3.8) is 0 Å². The quantitative estimate of drug-likeness (QED) is 0.676. The Labute approximate surface area is 137 Å². The van der Waals surface area contributed by atoms with E-state index in [1.54, 1.807) is 31.4 Å². The van der Waals surface area contributed by atoms with Gasteiger partial charge in [0.15, 0.2) is 0 Å². The molecule has 0 aromatic heterocycles. The Morgan fingerprint density at radius 2 is 1.87 bits per heavy atom. The zero-order valence-corrected chi connectivity index (χ0v) is 13.6. The predicted molar refractivity (Wildman–Crippen MR) is 89.7 cm³/mol. The summed E-state index contributed by atoms with van der Waals surface area (Å²) in [5.74, 6) is -0.0486. The molecule has 1 saturated carbocycles. The molecule has 2 rings (SSSR count). The first-order valence-corrected chi connectivity index (χ1v) is 8.14. The SMILES string of the molecule is COCCCNC(=O)Nc1ccc(C(=O)NC2CCCC2)cc1. The Balaban J connectivity index is 1.77. The van der Waals surface area contributed by atoms with Crippen molar-refractivity contribution in [2.45, 2.75) is 38.1 Å². The van der Waals surface area contributed by atoms with Crippen molar-refractivity contribution in [2.75, 3.05) is 25.6 Å². The Kier molecular flexibility index (Phi) is 6.87. The van der Waals surface area contributed by atoms with Gasteiger partial charge in [0.2, 0.25) is 0 Å². The summed E-state index contributed by atoms with van der Waals surface area (Å²) in [6.45, 7) is 1.17.